The lowest BCUT2D eigenvalue weighted by molar-refractivity contribution is -0.120. The lowest BCUT2D eigenvalue weighted by atomic mass is 10.0. The Morgan fingerprint density at radius 3 is 2.65 bits per heavy atom. The Balaban J connectivity index is 1.89. The van der Waals surface area contributed by atoms with Crippen LogP contribution in [-0.2, 0) is 14.8 Å². The van der Waals surface area contributed by atoms with E-state index < -0.39 is 27.7 Å². The maximum absolute atomic E-state index is 13.5. The van der Waals surface area contributed by atoms with Crippen LogP contribution in [0.15, 0.2) is 35.2 Å². The fraction of sp³-hybridized carbons (Fsp3) is 0.278. The average molecular weight is 379 g/mol. The summed E-state index contributed by atoms with van der Waals surface area (Å²) in [6, 6.07) is 6.87. The van der Waals surface area contributed by atoms with Gasteiger partial charge >= 0.3 is 0 Å². The maximum atomic E-state index is 13.5. The number of methoxy groups -OCH3 is 1. The van der Waals surface area contributed by atoms with Crippen LogP contribution in [0, 0.1) is 19.7 Å². The average Bonchev–Trinajstić information content (AvgIpc) is 2.99. The highest BCUT2D eigenvalue weighted by Gasteiger charge is 2.33. The van der Waals surface area contributed by atoms with E-state index in [1.807, 2.05) is 0 Å². The first-order chi connectivity index (χ1) is 12.2. The number of carbonyl (C=O) groups is 1. The first-order valence-corrected chi connectivity index (χ1v) is 9.35. The van der Waals surface area contributed by atoms with E-state index >= 15 is 0 Å². The molecule has 0 aliphatic carbocycles. The summed E-state index contributed by atoms with van der Waals surface area (Å²) >= 11 is 0. The van der Waals surface area contributed by atoms with Crippen LogP contribution in [0.4, 0.5) is 4.39 Å². The number of benzene rings is 2. The number of ether oxygens (including phenoxy) is 2. The van der Waals surface area contributed by atoms with Gasteiger partial charge in [0.2, 0.25) is 5.91 Å². The Kier molecular flexibility index (Phi) is 4.62. The Hall–Kier alpha value is -2.61. The van der Waals surface area contributed by atoms with Gasteiger partial charge in [-0.05, 0) is 55.3 Å². The number of aryl methyl sites for hydroxylation is 2. The number of hydrogen-bond acceptors (Lipinski definition) is 5. The van der Waals surface area contributed by atoms with Crippen LogP contribution >= 0.6 is 0 Å². The molecular formula is C18H18FNO5S. The van der Waals surface area contributed by atoms with E-state index in [1.165, 1.54) is 31.4 Å². The van der Waals surface area contributed by atoms with Gasteiger partial charge in [0.05, 0.1) is 12.0 Å². The van der Waals surface area contributed by atoms with Crippen molar-refractivity contribution < 1.29 is 27.1 Å². The topological polar surface area (TPSA) is 81.7 Å². The van der Waals surface area contributed by atoms with Crippen molar-refractivity contribution in [1.29, 1.82) is 0 Å². The molecule has 26 heavy (non-hydrogen) atoms. The smallest absolute Gasteiger partial charge is 0.264 e. The summed E-state index contributed by atoms with van der Waals surface area (Å²) in [6.07, 6.45) is 0. The summed E-state index contributed by atoms with van der Waals surface area (Å²) in [5.41, 5.74) is 1.41. The monoisotopic (exact) mass is 379 g/mol. The van der Waals surface area contributed by atoms with Crippen molar-refractivity contribution in [1.82, 2.24) is 4.72 Å². The minimum absolute atomic E-state index is 0.0115. The minimum Gasteiger partial charge on any atom is -0.496 e. The summed E-state index contributed by atoms with van der Waals surface area (Å²) < 4.78 is 51.4. The highest BCUT2D eigenvalue weighted by Crippen LogP contribution is 2.35. The van der Waals surface area contributed by atoms with E-state index in [0.717, 1.165) is 0 Å². The van der Waals surface area contributed by atoms with E-state index in [0.29, 0.717) is 28.2 Å². The van der Waals surface area contributed by atoms with Crippen molar-refractivity contribution in [2.24, 2.45) is 0 Å². The van der Waals surface area contributed by atoms with Crippen molar-refractivity contribution in [2.45, 2.75) is 24.7 Å². The molecule has 1 amide bonds. The van der Waals surface area contributed by atoms with Crippen LogP contribution in [-0.4, -0.2) is 28.0 Å². The number of sulfonamides is 1. The molecule has 3 rings (SSSR count). The Morgan fingerprint density at radius 1 is 1.23 bits per heavy atom. The number of hydrogen-bond donors (Lipinski definition) is 1. The normalized spacial score (nSPS) is 15.9. The molecule has 0 fully saturated rings. The van der Waals surface area contributed by atoms with Gasteiger partial charge in [0, 0.05) is 5.56 Å². The Labute approximate surface area is 151 Å². The predicted molar refractivity (Wildman–Crippen MR) is 92.4 cm³/mol. The molecule has 2 aromatic carbocycles. The molecule has 8 heteroatoms. The van der Waals surface area contributed by atoms with Gasteiger partial charge in [0.15, 0.2) is 0 Å². The standard InChI is InChI=1S/C18H18FNO5S/c1-10-7-17(11(2)6-16(10)24-3)26(22,23)20-18(21)14-9-25-15-5-4-12(19)8-13(14)15/h4-8,14H,9H2,1-3H3,(H,20,21). The SMILES string of the molecule is COc1cc(C)c(S(=O)(=O)NC(=O)C2COc3ccc(F)cc32)cc1C. The van der Waals surface area contributed by atoms with Gasteiger partial charge in [0.1, 0.15) is 29.8 Å². The Morgan fingerprint density at radius 2 is 1.96 bits per heavy atom. The largest absolute Gasteiger partial charge is 0.496 e. The zero-order chi connectivity index (χ0) is 19.1. The van der Waals surface area contributed by atoms with Crippen LogP contribution in [0.25, 0.3) is 0 Å². The van der Waals surface area contributed by atoms with Crippen molar-refractivity contribution in [2.75, 3.05) is 13.7 Å². The van der Waals surface area contributed by atoms with Crippen LogP contribution in [0.2, 0.25) is 0 Å². The third-order valence-corrected chi connectivity index (χ3v) is 5.77. The van der Waals surface area contributed by atoms with Gasteiger partial charge in [-0.3, -0.25) is 4.79 Å². The first kappa shape index (κ1) is 18.2. The van der Waals surface area contributed by atoms with Crippen LogP contribution in [0.1, 0.15) is 22.6 Å². The number of rotatable bonds is 4. The highest BCUT2D eigenvalue weighted by atomic mass is 32.2. The zero-order valence-electron chi connectivity index (χ0n) is 14.5. The van der Waals surface area contributed by atoms with Crippen LogP contribution in [0.5, 0.6) is 11.5 Å². The van der Waals surface area contributed by atoms with Gasteiger partial charge in [-0.1, -0.05) is 0 Å². The summed E-state index contributed by atoms with van der Waals surface area (Å²) in [5.74, 6) is -1.24. The molecule has 1 unspecified atom stereocenters. The molecule has 1 aliphatic rings. The third-order valence-electron chi connectivity index (χ3n) is 4.29. The molecule has 0 aromatic heterocycles. The summed E-state index contributed by atoms with van der Waals surface area (Å²) in [6.45, 7) is 3.29. The number of fused-ring (bicyclic) bond motifs is 1. The molecule has 1 heterocycles. The lowest BCUT2D eigenvalue weighted by Gasteiger charge is -2.14. The molecule has 0 spiro atoms. The molecule has 6 nitrogen and oxygen atoms in total. The molecule has 1 N–H and O–H groups in total. The van der Waals surface area contributed by atoms with E-state index in [9.17, 15) is 17.6 Å². The second kappa shape index (κ2) is 6.60. The molecule has 0 bridgehead atoms. The predicted octanol–water partition coefficient (Wildman–Crippen LogP) is 2.43. The minimum atomic E-state index is -4.09. The van der Waals surface area contributed by atoms with E-state index in [2.05, 4.69) is 4.72 Å². The lowest BCUT2D eigenvalue weighted by Crippen LogP contribution is -2.35. The van der Waals surface area contributed by atoms with Gasteiger partial charge in [-0.25, -0.2) is 17.5 Å². The molecule has 0 saturated carbocycles. The fourth-order valence-corrected chi connectivity index (χ4v) is 4.27. The molecule has 138 valence electrons. The first-order valence-electron chi connectivity index (χ1n) is 7.87. The van der Waals surface area contributed by atoms with Crippen LogP contribution < -0.4 is 14.2 Å². The van der Waals surface area contributed by atoms with E-state index in [1.54, 1.807) is 19.9 Å². The molecule has 0 radical (unpaired) electrons. The Bertz CT molecular complexity index is 987. The fourth-order valence-electron chi connectivity index (χ4n) is 2.93. The van der Waals surface area contributed by atoms with Crippen molar-refractivity contribution in [3.05, 3.63) is 52.8 Å². The van der Waals surface area contributed by atoms with Gasteiger partial charge in [0.25, 0.3) is 10.0 Å². The summed E-state index contributed by atoms with van der Waals surface area (Å²) in [4.78, 5) is 12.5. The molecule has 2 aromatic rings. The molecular weight excluding hydrogens is 361 g/mol. The van der Waals surface area contributed by atoms with Crippen molar-refractivity contribution in [3.8, 4) is 11.5 Å². The van der Waals surface area contributed by atoms with E-state index in [4.69, 9.17) is 9.47 Å². The van der Waals surface area contributed by atoms with Gasteiger partial charge in [-0.2, -0.15) is 0 Å². The second-order valence-electron chi connectivity index (χ2n) is 6.10. The third kappa shape index (κ3) is 3.24. The maximum Gasteiger partial charge on any atom is 0.264 e. The zero-order valence-corrected chi connectivity index (χ0v) is 15.3. The summed E-state index contributed by atoms with van der Waals surface area (Å²) in [7, 11) is -2.60. The molecule has 1 atom stereocenters. The number of amides is 1. The summed E-state index contributed by atoms with van der Waals surface area (Å²) in [5, 5.41) is 0. The quantitative estimate of drug-likeness (QED) is 0.882. The van der Waals surface area contributed by atoms with Crippen molar-refractivity contribution in [3.63, 3.8) is 0 Å². The number of nitrogens with one attached hydrogen (secondary N) is 1. The second-order valence-corrected chi connectivity index (χ2v) is 7.75. The highest BCUT2D eigenvalue weighted by molar-refractivity contribution is 7.90. The van der Waals surface area contributed by atoms with Crippen LogP contribution in [0.3, 0.4) is 0 Å². The number of carbonyl (C=O) groups excluding carboxylic acids is 1. The molecule has 1 aliphatic heterocycles. The molecule has 0 saturated heterocycles. The van der Waals surface area contributed by atoms with Gasteiger partial charge < -0.3 is 9.47 Å². The van der Waals surface area contributed by atoms with Crippen molar-refractivity contribution >= 4 is 15.9 Å². The number of halogens is 1. The van der Waals surface area contributed by atoms with E-state index in [-0.39, 0.29) is 11.5 Å². The van der Waals surface area contributed by atoms with Gasteiger partial charge in [-0.15, -0.1) is 0 Å².